The lowest BCUT2D eigenvalue weighted by Crippen LogP contribution is -2.40. The van der Waals surface area contributed by atoms with Gasteiger partial charge in [0.15, 0.2) is 6.61 Å². The van der Waals surface area contributed by atoms with Crippen LogP contribution < -0.4 is 0 Å². The molecule has 0 N–H and O–H groups in total. The molecule has 1 aliphatic heterocycles. The van der Waals surface area contributed by atoms with E-state index in [1.807, 2.05) is 27.7 Å². The number of halogens is 1. The monoisotopic (exact) mass is 458 g/mol. The van der Waals surface area contributed by atoms with Crippen molar-refractivity contribution in [2.24, 2.45) is 11.8 Å². The van der Waals surface area contributed by atoms with Crippen molar-refractivity contribution in [2.75, 3.05) is 46.0 Å². The molecule has 0 bridgehead atoms. The van der Waals surface area contributed by atoms with Crippen LogP contribution in [0.2, 0.25) is 0 Å². The first-order valence-electron chi connectivity index (χ1n) is 10.3. The number of carbonyl (C=O) groups is 2. The zero-order valence-corrected chi connectivity index (χ0v) is 19.3. The third kappa shape index (κ3) is 6.98. The van der Waals surface area contributed by atoms with Crippen LogP contribution >= 0.6 is 0 Å². The molecule has 1 aromatic carbocycles. The fraction of sp³-hybridized carbons (Fsp3) is 0.619. The lowest BCUT2D eigenvalue weighted by Gasteiger charge is -2.26. The lowest BCUT2D eigenvalue weighted by atomic mass is 10.1. The van der Waals surface area contributed by atoms with E-state index in [-0.39, 0.29) is 48.9 Å². The summed E-state index contributed by atoms with van der Waals surface area (Å²) in [6, 6.07) is 2.97. The molecule has 31 heavy (non-hydrogen) atoms. The standard InChI is InChI=1S/C21H31FN2O6S/c1-15(2)12-23(13-16(3)4)20(25)14-30-21(26)18-11-17(5-6-19(18)22)31(27,28)24-7-9-29-10-8-24/h5-6,11,15-16H,7-10,12-14H2,1-4H3. The number of ether oxygens (including phenoxy) is 2. The summed E-state index contributed by atoms with van der Waals surface area (Å²) in [5, 5.41) is 0. The third-order valence-electron chi connectivity index (χ3n) is 4.62. The van der Waals surface area contributed by atoms with Gasteiger partial charge in [-0.05, 0) is 30.0 Å². The molecule has 1 saturated heterocycles. The minimum absolute atomic E-state index is 0.176. The van der Waals surface area contributed by atoms with Gasteiger partial charge in [-0.25, -0.2) is 17.6 Å². The van der Waals surface area contributed by atoms with Gasteiger partial charge in [0.2, 0.25) is 10.0 Å². The Morgan fingerprint density at radius 1 is 1.13 bits per heavy atom. The van der Waals surface area contributed by atoms with E-state index >= 15 is 0 Å². The smallest absolute Gasteiger partial charge is 0.341 e. The Morgan fingerprint density at radius 2 is 1.71 bits per heavy atom. The number of esters is 1. The minimum Gasteiger partial charge on any atom is -0.452 e. The van der Waals surface area contributed by atoms with Gasteiger partial charge in [-0.3, -0.25) is 4.79 Å². The molecular weight excluding hydrogens is 427 g/mol. The summed E-state index contributed by atoms with van der Waals surface area (Å²) in [6.07, 6.45) is 0. The van der Waals surface area contributed by atoms with Gasteiger partial charge >= 0.3 is 5.97 Å². The van der Waals surface area contributed by atoms with E-state index in [0.717, 1.165) is 18.2 Å². The van der Waals surface area contributed by atoms with Crippen LogP contribution in [0, 0.1) is 17.7 Å². The van der Waals surface area contributed by atoms with Crippen LogP contribution in [-0.4, -0.2) is 75.5 Å². The summed E-state index contributed by atoms with van der Waals surface area (Å²) >= 11 is 0. The minimum atomic E-state index is -3.90. The zero-order chi connectivity index (χ0) is 23.2. The number of hydrogen-bond donors (Lipinski definition) is 0. The molecule has 1 amide bonds. The van der Waals surface area contributed by atoms with Gasteiger partial charge in [0.25, 0.3) is 5.91 Å². The Balaban J connectivity index is 2.12. The van der Waals surface area contributed by atoms with Crippen LogP contribution in [0.5, 0.6) is 0 Å². The second-order valence-electron chi connectivity index (χ2n) is 8.32. The van der Waals surface area contributed by atoms with Gasteiger partial charge in [-0.1, -0.05) is 27.7 Å². The molecule has 1 aliphatic rings. The van der Waals surface area contributed by atoms with Crippen molar-refractivity contribution < 1.29 is 31.9 Å². The number of benzene rings is 1. The Kier molecular flexibility index (Phi) is 8.96. The molecule has 2 rings (SSSR count). The normalized spacial score (nSPS) is 15.3. The maximum atomic E-state index is 14.3. The number of nitrogens with zero attached hydrogens (tertiary/aromatic N) is 2. The van der Waals surface area contributed by atoms with Crippen molar-refractivity contribution in [1.82, 2.24) is 9.21 Å². The first-order valence-corrected chi connectivity index (χ1v) is 11.8. The number of amides is 1. The molecule has 1 heterocycles. The van der Waals surface area contributed by atoms with Gasteiger partial charge in [-0.15, -0.1) is 0 Å². The largest absolute Gasteiger partial charge is 0.452 e. The molecule has 0 radical (unpaired) electrons. The molecule has 1 fully saturated rings. The number of hydrogen-bond acceptors (Lipinski definition) is 6. The fourth-order valence-corrected chi connectivity index (χ4v) is 4.65. The van der Waals surface area contributed by atoms with E-state index in [4.69, 9.17) is 9.47 Å². The Hall–Kier alpha value is -2.04. The number of carbonyl (C=O) groups excluding carboxylic acids is 2. The number of morpholine rings is 1. The fourth-order valence-electron chi connectivity index (χ4n) is 3.21. The summed E-state index contributed by atoms with van der Waals surface area (Å²) in [5.74, 6) is -1.91. The van der Waals surface area contributed by atoms with Crippen LogP contribution in [-0.2, 0) is 24.3 Å². The topological polar surface area (TPSA) is 93.2 Å². The van der Waals surface area contributed by atoms with Crippen molar-refractivity contribution in [3.05, 3.63) is 29.6 Å². The van der Waals surface area contributed by atoms with Crippen molar-refractivity contribution in [3.8, 4) is 0 Å². The molecule has 174 valence electrons. The molecule has 0 unspecified atom stereocenters. The number of rotatable bonds is 9. The maximum absolute atomic E-state index is 14.3. The quantitative estimate of drug-likeness (QED) is 0.527. The molecule has 0 aromatic heterocycles. The van der Waals surface area contributed by atoms with Gasteiger partial charge < -0.3 is 14.4 Å². The Morgan fingerprint density at radius 3 is 2.26 bits per heavy atom. The van der Waals surface area contributed by atoms with Crippen LogP contribution in [0.25, 0.3) is 0 Å². The molecule has 0 atom stereocenters. The van der Waals surface area contributed by atoms with Gasteiger partial charge in [0.05, 0.1) is 23.7 Å². The summed E-state index contributed by atoms with van der Waals surface area (Å²) in [4.78, 5) is 26.3. The third-order valence-corrected chi connectivity index (χ3v) is 6.51. The molecule has 0 saturated carbocycles. The van der Waals surface area contributed by atoms with Gasteiger partial charge in [-0.2, -0.15) is 4.31 Å². The van der Waals surface area contributed by atoms with E-state index in [9.17, 15) is 22.4 Å². The second kappa shape index (κ2) is 11.0. The average Bonchev–Trinajstić information content (AvgIpc) is 2.71. The van der Waals surface area contributed by atoms with Crippen LogP contribution in [0.3, 0.4) is 0 Å². The predicted molar refractivity (Wildman–Crippen MR) is 113 cm³/mol. The highest BCUT2D eigenvalue weighted by Gasteiger charge is 2.28. The zero-order valence-electron chi connectivity index (χ0n) is 18.5. The van der Waals surface area contributed by atoms with E-state index in [1.54, 1.807) is 4.90 Å². The Bertz CT molecular complexity index is 872. The van der Waals surface area contributed by atoms with Crippen molar-refractivity contribution in [2.45, 2.75) is 32.6 Å². The summed E-state index contributed by atoms with van der Waals surface area (Å²) in [5.41, 5.74) is -0.526. The van der Waals surface area contributed by atoms with E-state index < -0.39 is 34.0 Å². The highest BCUT2D eigenvalue weighted by molar-refractivity contribution is 7.89. The predicted octanol–water partition coefficient (Wildman–Crippen LogP) is 2.14. The second-order valence-corrected chi connectivity index (χ2v) is 10.3. The van der Waals surface area contributed by atoms with Gasteiger partial charge in [0.1, 0.15) is 5.82 Å². The van der Waals surface area contributed by atoms with Gasteiger partial charge in [0, 0.05) is 26.2 Å². The van der Waals surface area contributed by atoms with Crippen molar-refractivity contribution in [1.29, 1.82) is 0 Å². The van der Waals surface area contributed by atoms with Crippen LogP contribution in [0.1, 0.15) is 38.1 Å². The lowest BCUT2D eigenvalue weighted by molar-refractivity contribution is -0.135. The SMILES string of the molecule is CC(C)CN(CC(C)C)C(=O)COC(=O)c1cc(S(=O)(=O)N2CCOCC2)ccc1F. The van der Waals surface area contributed by atoms with Crippen LogP contribution in [0.4, 0.5) is 4.39 Å². The maximum Gasteiger partial charge on any atom is 0.341 e. The summed E-state index contributed by atoms with van der Waals surface area (Å²) < 4.78 is 51.2. The molecule has 8 nitrogen and oxygen atoms in total. The summed E-state index contributed by atoms with van der Waals surface area (Å²) in [6.45, 7) is 9.26. The van der Waals surface area contributed by atoms with Crippen molar-refractivity contribution >= 4 is 21.9 Å². The highest BCUT2D eigenvalue weighted by atomic mass is 32.2. The molecule has 0 aliphatic carbocycles. The molecule has 10 heteroatoms. The average molecular weight is 459 g/mol. The first-order chi connectivity index (χ1) is 14.5. The molecular formula is C21H31FN2O6S. The number of sulfonamides is 1. The van der Waals surface area contributed by atoms with Crippen molar-refractivity contribution in [3.63, 3.8) is 0 Å². The molecule has 0 spiro atoms. The van der Waals surface area contributed by atoms with E-state index in [2.05, 4.69) is 0 Å². The summed E-state index contributed by atoms with van der Waals surface area (Å²) in [7, 11) is -3.90. The highest BCUT2D eigenvalue weighted by Crippen LogP contribution is 2.21. The Labute approximate surface area is 183 Å². The van der Waals surface area contributed by atoms with Crippen LogP contribution in [0.15, 0.2) is 23.1 Å². The first kappa shape index (κ1) is 25.2. The van der Waals surface area contributed by atoms with E-state index in [0.29, 0.717) is 13.1 Å². The van der Waals surface area contributed by atoms with E-state index in [1.165, 1.54) is 4.31 Å². The molecule has 1 aromatic rings.